The van der Waals surface area contributed by atoms with Crippen LogP contribution in [0.4, 0.5) is 4.79 Å². The monoisotopic (exact) mass is 226 g/mol. The van der Waals surface area contributed by atoms with Crippen molar-refractivity contribution in [1.29, 1.82) is 0 Å². The Bertz CT molecular complexity index is 322. The lowest BCUT2D eigenvalue weighted by Crippen LogP contribution is -2.41. The van der Waals surface area contributed by atoms with Crippen LogP contribution >= 0.6 is 0 Å². The zero-order chi connectivity index (χ0) is 11.9. The Labute approximate surface area is 95.1 Å². The second kappa shape index (κ2) is 3.64. The van der Waals surface area contributed by atoms with Gasteiger partial charge in [-0.1, -0.05) is 0 Å². The van der Waals surface area contributed by atoms with Crippen molar-refractivity contribution in [2.24, 2.45) is 5.92 Å². The molecule has 1 saturated carbocycles. The van der Waals surface area contributed by atoms with Gasteiger partial charge >= 0.3 is 6.09 Å². The van der Waals surface area contributed by atoms with Crippen molar-refractivity contribution in [2.45, 2.75) is 38.8 Å². The topological polar surface area (TPSA) is 58.6 Å². The van der Waals surface area contributed by atoms with Crippen LogP contribution in [0.25, 0.3) is 0 Å². The minimum atomic E-state index is -0.511. The second-order valence-corrected chi connectivity index (χ2v) is 5.53. The Morgan fingerprint density at radius 3 is 2.81 bits per heavy atom. The first-order valence-corrected chi connectivity index (χ1v) is 5.62. The zero-order valence-corrected chi connectivity index (χ0v) is 9.95. The number of rotatable bonds is 0. The van der Waals surface area contributed by atoms with E-state index in [9.17, 15) is 9.59 Å². The minimum Gasteiger partial charge on any atom is -0.444 e. The predicted molar refractivity (Wildman–Crippen MR) is 57.8 cm³/mol. The van der Waals surface area contributed by atoms with Gasteiger partial charge < -0.3 is 10.1 Å². The molecule has 2 rings (SSSR count). The summed E-state index contributed by atoms with van der Waals surface area (Å²) < 4.78 is 5.25. The number of carbonyl (C=O) groups is 2. The first-order valence-electron chi connectivity index (χ1n) is 5.62. The van der Waals surface area contributed by atoms with Gasteiger partial charge in [0, 0.05) is 12.6 Å². The molecular formula is C11H18N2O3. The van der Waals surface area contributed by atoms with E-state index in [1.165, 1.54) is 4.90 Å². The van der Waals surface area contributed by atoms with Crippen LogP contribution in [0.2, 0.25) is 0 Å². The summed E-state index contributed by atoms with van der Waals surface area (Å²) in [6, 6.07) is 0.278. The van der Waals surface area contributed by atoms with Gasteiger partial charge in [-0.05, 0) is 33.1 Å². The number of nitrogens with zero attached hydrogens (tertiary/aromatic N) is 1. The van der Waals surface area contributed by atoms with Crippen LogP contribution in [0.15, 0.2) is 0 Å². The smallest absolute Gasteiger partial charge is 0.410 e. The average Bonchev–Trinajstić information content (AvgIpc) is 2.77. The van der Waals surface area contributed by atoms with Gasteiger partial charge in [-0.3, -0.25) is 9.69 Å². The highest BCUT2D eigenvalue weighted by molar-refractivity contribution is 5.83. The minimum absolute atomic E-state index is 0.0872. The van der Waals surface area contributed by atoms with Crippen LogP contribution < -0.4 is 5.32 Å². The molecule has 2 amide bonds. The maximum Gasteiger partial charge on any atom is 0.410 e. The number of hydrogen-bond donors (Lipinski definition) is 1. The van der Waals surface area contributed by atoms with Gasteiger partial charge in [0.1, 0.15) is 12.1 Å². The van der Waals surface area contributed by atoms with E-state index < -0.39 is 11.7 Å². The molecule has 16 heavy (non-hydrogen) atoms. The fraction of sp³-hybridized carbons (Fsp3) is 0.818. The van der Waals surface area contributed by atoms with Gasteiger partial charge in [-0.25, -0.2) is 4.79 Å². The predicted octanol–water partition coefficient (Wildman–Crippen LogP) is 0.742. The van der Waals surface area contributed by atoms with Gasteiger partial charge in [0.15, 0.2) is 0 Å². The molecule has 2 fully saturated rings. The normalized spacial score (nSPS) is 28.9. The molecule has 2 unspecified atom stereocenters. The van der Waals surface area contributed by atoms with Crippen molar-refractivity contribution in [2.75, 3.05) is 13.1 Å². The summed E-state index contributed by atoms with van der Waals surface area (Å²) in [6.07, 6.45) is 0.584. The summed E-state index contributed by atoms with van der Waals surface area (Å²) >= 11 is 0. The lowest BCUT2D eigenvalue weighted by Gasteiger charge is -2.26. The molecule has 90 valence electrons. The molecule has 2 aliphatic rings. The van der Waals surface area contributed by atoms with Crippen LogP contribution in [0, 0.1) is 5.92 Å². The average molecular weight is 226 g/mol. The molecule has 1 aliphatic heterocycles. The van der Waals surface area contributed by atoms with E-state index in [0.717, 1.165) is 6.42 Å². The summed E-state index contributed by atoms with van der Waals surface area (Å²) in [5, 5.41) is 2.88. The van der Waals surface area contributed by atoms with Crippen LogP contribution in [0.3, 0.4) is 0 Å². The van der Waals surface area contributed by atoms with Crippen LogP contribution in [-0.4, -0.2) is 41.6 Å². The summed E-state index contributed by atoms with van der Waals surface area (Å²) in [5.41, 5.74) is -0.511. The van der Waals surface area contributed by atoms with Gasteiger partial charge in [0.2, 0.25) is 5.91 Å². The molecule has 5 heteroatoms. The van der Waals surface area contributed by atoms with E-state index in [0.29, 0.717) is 12.5 Å². The zero-order valence-electron chi connectivity index (χ0n) is 9.95. The molecule has 0 aromatic heterocycles. The molecule has 1 saturated heterocycles. The molecule has 0 aromatic rings. The van der Waals surface area contributed by atoms with E-state index in [1.54, 1.807) is 0 Å². The van der Waals surface area contributed by atoms with Crippen molar-refractivity contribution in [3.8, 4) is 0 Å². The number of fused-ring (bicyclic) bond motifs is 1. The van der Waals surface area contributed by atoms with Gasteiger partial charge in [0.05, 0.1) is 0 Å². The highest BCUT2D eigenvalue weighted by Crippen LogP contribution is 2.33. The summed E-state index contributed by atoms with van der Waals surface area (Å²) in [5.74, 6) is 0.329. The standard InChI is InChI=1S/C11H18N2O3/c1-11(2,3)16-10(15)13-5-7-4-8(7)12-9(14)6-13/h7-8H,4-6H2,1-3H3,(H,12,14). The maximum atomic E-state index is 11.8. The van der Waals surface area contributed by atoms with Crippen LogP contribution in [-0.2, 0) is 9.53 Å². The third-order valence-electron chi connectivity index (χ3n) is 2.71. The Balaban J connectivity index is 1.97. The Morgan fingerprint density at radius 1 is 1.50 bits per heavy atom. The first-order chi connectivity index (χ1) is 7.35. The Kier molecular flexibility index (Phi) is 2.56. The van der Waals surface area contributed by atoms with E-state index in [-0.39, 0.29) is 18.5 Å². The quantitative estimate of drug-likeness (QED) is 0.663. The van der Waals surface area contributed by atoms with Crippen molar-refractivity contribution < 1.29 is 14.3 Å². The SMILES string of the molecule is CC(C)(C)OC(=O)N1CC(=O)NC2CC2C1. The molecule has 2 atom stereocenters. The molecule has 0 spiro atoms. The van der Waals surface area contributed by atoms with E-state index in [1.807, 2.05) is 20.8 Å². The number of nitrogens with one attached hydrogen (secondary N) is 1. The first kappa shape index (κ1) is 11.2. The summed E-state index contributed by atoms with van der Waals surface area (Å²) in [7, 11) is 0. The summed E-state index contributed by atoms with van der Waals surface area (Å²) in [6.45, 7) is 6.20. The number of ether oxygens (including phenoxy) is 1. The third kappa shape index (κ3) is 2.65. The van der Waals surface area contributed by atoms with Crippen molar-refractivity contribution >= 4 is 12.0 Å². The molecule has 1 heterocycles. The highest BCUT2D eigenvalue weighted by atomic mass is 16.6. The van der Waals surface area contributed by atoms with Crippen LogP contribution in [0.1, 0.15) is 27.2 Å². The summed E-state index contributed by atoms with van der Waals surface area (Å²) in [4.78, 5) is 24.7. The molecule has 0 bridgehead atoms. The van der Waals surface area contributed by atoms with E-state index in [2.05, 4.69) is 5.32 Å². The van der Waals surface area contributed by atoms with E-state index >= 15 is 0 Å². The largest absolute Gasteiger partial charge is 0.444 e. The molecular weight excluding hydrogens is 208 g/mol. The lowest BCUT2D eigenvalue weighted by molar-refractivity contribution is -0.121. The van der Waals surface area contributed by atoms with Gasteiger partial charge in [0.25, 0.3) is 0 Å². The highest BCUT2D eigenvalue weighted by Gasteiger charge is 2.43. The van der Waals surface area contributed by atoms with E-state index in [4.69, 9.17) is 4.74 Å². The second-order valence-electron chi connectivity index (χ2n) is 5.53. The van der Waals surface area contributed by atoms with Crippen molar-refractivity contribution in [3.05, 3.63) is 0 Å². The number of carbonyl (C=O) groups excluding carboxylic acids is 2. The number of amides is 2. The van der Waals surface area contributed by atoms with Gasteiger partial charge in [-0.15, -0.1) is 0 Å². The fourth-order valence-electron chi connectivity index (χ4n) is 1.87. The fourth-order valence-corrected chi connectivity index (χ4v) is 1.87. The van der Waals surface area contributed by atoms with Crippen molar-refractivity contribution in [1.82, 2.24) is 10.2 Å². The van der Waals surface area contributed by atoms with Crippen molar-refractivity contribution in [3.63, 3.8) is 0 Å². The Hall–Kier alpha value is -1.26. The molecule has 1 N–H and O–H groups in total. The molecule has 5 nitrogen and oxygen atoms in total. The molecule has 0 aromatic carbocycles. The number of hydrogen-bond acceptors (Lipinski definition) is 3. The Morgan fingerprint density at radius 2 is 2.19 bits per heavy atom. The molecule has 0 radical (unpaired) electrons. The lowest BCUT2D eigenvalue weighted by atomic mass is 10.2. The van der Waals surface area contributed by atoms with Gasteiger partial charge in [-0.2, -0.15) is 0 Å². The molecule has 1 aliphatic carbocycles. The maximum absolute atomic E-state index is 11.8. The third-order valence-corrected chi connectivity index (χ3v) is 2.71. The van der Waals surface area contributed by atoms with Crippen LogP contribution in [0.5, 0.6) is 0 Å².